The second-order valence-electron chi connectivity index (χ2n) is 6.75. The zero-order valence-corrected chi connectivity index (χ0v) is 19.5. The Balaban J connectivity index is 0.000000383. The molecule has 4 aromatic rings. The smallest absolute Gasteiger partial charge is 0.0848 e. The van der Waals surface area contributed by atoms with Crippen LogP contribution >= 0.6 is 19.6 Å². The van der Waals surface area contributed by atoms with Crippen LogP contribution in [0, 0.1) is 0 Å². The number of benzene rings is 4. The number of halogens is 6. The molecular formula is C24H19F6PS2. The van der Waals surface area contributed by atoms with E-state index in [2.05, 4.69) is 115 Å². The Kier molecular flexibility index (Phi) is 7.22. The van der Waals surface area contributed by atoms with E-state index in [0.29, 0.717) is 0 Å². The van der Waals surface area contributed by atoms with E-state index in [-0.39, 0.29) is 10.9 Å². The maximum Gasteiger partial charge on any atom is 0.180 e. The zero-order valence-electron chi connectivity index (χ0n) is 17.0. The SMILES string of the molecule is F[P-](F)(F)(F)(F)F.c1ccc(Sc2ccccc2[S+](c2ccccc2)c2ccccc2)cc1. The van der Waals surface area contributed by atoms with E-state index in [4.69, 9.17) is 0 Å². The van der Waals surface area contributed by atoms with E-state index in [1.807, 2.05) is 11.8 Å². The molecule has 0 nitrogen and oxygen atoms in total. The van der Waals surface area contributed by atoms with Gasteiger partial charge in [-0.25, -0.2) is 0 Å². The molecule has 0 saturated carbocycles. The van der Waals surface area contributed by atoms with Gasteiger partial charge in [-0.1, -0.05) is 78.5 Å². The first-order valence-corrected chi connectivity index (χ1v) is 13.7. The molecule has 0 radical (unpaired) electrons. The standard InChI is InChI=1S/C24H19S2.F6P/c1-4-12-20(13-5-1)25-23-18-10-11-19-24(23)26(21-14-6-2-7-15-21)22-16-8-3-9-17-22;1-7(2,3,4,5)6/h1-19H;/q+1;-1. The van der Waals surface area contributed by atoms with Crippen LogP contribution in [0.15, 0.2) is 140 Å². The predicted molar refractivity (Wildman–Crippen MR) is 126 cm³/mol. The van der Waals surface area contributed by atoms with Gasteiger partial charge in [0.15, 0.2) is 14.7 Å². The first-order chi connectivity index (χ1) is 15.4. The van der Waals surface area contributed by atoms with Crippen molar-refractivity contribution in [1.29, 1.82) is 0 Å². The summed E-state index contributed by atoms with van der Waals surface area (Å²) in [6.45, 7) is 0. The second kappa shape index (κ2) is 9.45. The molecule has 4 rings (SSSR count). The first kappa shape index (κ1) is 25.2. The zero-order chi connectivity index (χ0) is 24.0. The summed E-state index contributed by atoms with van der Waals surface area (Å²) in [5.41, 5.74) is 0. The van der Waals surface area contributed by atoms with Crippen LogP contribution in [-0.2, 0) is 10.9 Å². The molecule has 0 heterocycles. The van der Waals surface area contributed by atoms with Crippen molar-refractivity contribution in [2.75, 3.05) is 0 Å². The van der Waals surface area contributed by atoms with Gasteiger partial charge in [0.05, 0.1) is 4.90 Å². The first-order valence-electron chi connectivity index (χ1n) is 9.59. The van der Waals surface area contributed by atoms with Gasteiger partial charge in [0.2, 0.25) is 0 Å². The summed E-state index contributed by atoms with van der Waals surface area (Å²) >= 11 is 1.84. The van der Waals surface area contributed by atoms with Crippen molar-refractivity contribution >= 4 is 30.5 Å². The fourth-order valence-electron chi connectivity index (χ4n) is 2.82. The van der Waals surface area contributed by atoms with Crippen molar-refractivity contribution < 1.29 is 25.2 Å². The molecule has 0 amide bonds. The normalized spacial score (nSPS) is 13.4. The van der Waals surface area contributed by atoms with Crippen molar-refractivity contribution in [3.8, 4) is 0 Å². The summed E-state index contributed by atoms with van der Waals surface area (Å²) in [6, 6.07) is 41.0. The molecule has 4 aromatic carbocycles. The molecule has 9 heteroatoms. The summed E-state index contributed by atoms with van der Waals surface area (Å²) in [6.07, 6.45) is 0. The van der Waals surface area contributed by atoms with Crippen molar-refractivity contribution in [1.82, 2.24) is 0 Å². The quantitative estimate of drug-likeness (QED) is 0.144. The Hall–Kier alpha value is -2.41. The fraction of sp³-hybridized carbons (Fsp3) is 0. The van der Waals surface area contributed by atoms with Crippen molar-refractivity contribution in [2.45, 2.75) is 24.5 Å². The molecule has 0 aliphatic heterocycles. The molecule has 0 N–H and O–H groups in total. The molecule has 0 aliphatic rings. The van der Waals surface area contributed by atoms with Crippen LogP contribution in [0.1, 0.15) is 0 Å². The molecule has 0 bridgehead atoms. The number of hydrogen-bond acceptors (Lipinski definition) is 1. The average molecular weight is 517 g/mol. The molecule has 0 fully saturated rings. The summed E-state index contributed by atoms with van der Waals surface area (Å²) < 4.78 is 59.2. The third-order valence-corrected chi connectivity index (χ3v) is 7.49. The number of hydrogen-bond donors (Lipinski definition) is 0. The van der Waals surface area contributed by atoms with Gasteiger partial charge >= 0.3 is 33.0 Å². The average Bonchev–Trinajstić information content (AvgIpc) is 2.75. The number of rotatable bonds is 5. The minimum Gasteiger partial charge on any atom is -0.0848 e. The summed E-state index contributed by atoms with van der Waals surface area (Å²) in [5, 5.41) is 0. The van der Waals surface area contributed by atoms with E-state index in [9.17, 15) is 25.2 Å². The molecule has 0 aliphatic carbocycles. The van der Waals surface area contributed by atoms with Crippen molar-refractivity contribution in [2.24, 2.45) is 0 Å². The maximum absolute atomic E-state index is 10.7. The Morgan fingerprint density at radius 3 is 1.30 bits per heavy atom. The minimum atomic E-state index is -10.7. The minimum absolute atomic E-state index is 0.121. The van der Waals surface area contributed by atoms with E-state index < -0.39 is 7.81 Å². The van der Waals surface area contributed by atoms with Crippen LogP contribution in [-0.4, -0.2) is 0 Å². The molecule has 0 saturated heterocycles. The van der Waals surface area contributed by atoms with Crippen LogP contribution < -0.4 is 0 Å². The van der Waals surface area contributed by atoms with Gasteiger partial charge in [-0.3, -0.25) is 0 Å². The maximum atomic E-state index is 9.87. The summed E-state index contributed by atoms with van der Waals surface area (Å²) in [4.78, 5) is 6.65. The Bertz CT molecular complexity index is 1120. The molecule has 0 spiro atoms. The monoisotopic (exact) mass is 516 g/mol. The molecule has 174 valence electrons. The van der Waals surface area contributed by atoms with Crippen LogP contribution in [0.5, 0.6) is 0 Å². The Morgan fingerprint density at radius 1 is 0.485 bits per heavy atom. The fourth-order valence-corrected chi connectivity index (χ4v) is 6.18. The van der Waals surface area contributed by atoms with Crippen LogP contribution in [0.3, 0.4) is 0 Å². The van der Waals surface area contributed by atoms with Gasteiger partial charge in [-0.15, -0.1) is 0 Å². The van der Waals surface area contributed by atoms with Gasteiger partial charge in [-0.05, 0) is 48.5 Å². The molecule has 33 heavy (non-hydrogen) atoms. The summed E-state index contributed by atoms with van der Waals surface area (Å²) in [7, 11) is -10.8. The van der Waals surface area contributed by atoms with Crippen LogP contribution in [0.2, 0.25) is 0 Å². The molecule has 0 aromatic heterocycles. The van der Waals surface area contributed by atoms with E-state index >= 15 is 0 Å². The van der Waals surface area contributed by atoms with Crippen molar-refractivity contribution in [3.63, 3.8) is 0 Å². The van der Waals surface area contributed by atoms with E-state index in [1.54, 1.807) is 0 Å². The third-order valence-electron chi connectivity index (χ3n) is 4.00. The van der Waals surface area contributed by atoms with E-state index in [0.717, 1.165) is 0 Å². The largest absolute Gasteiger partial charge is 0.180 e. The van der Waals surface area contributed by atoms with Crippen molar-refractivity contribution in [3.05, 3.63) is 115 Å². The van der Waals surface area contributed by atoms with Gasteiger partial charge in [-0.2, -0.15) is 0 Å². The van der Waals surface area contributed by atoms with Gasteiger partial charge in [0.25, 0.3) is 0 Å². The predicted octanol–water partition coefficient (Wildman–Crippen LogP) is 10.3. The topological polar surface area (TPSA) is 0 Å². The molecular weight excluding hydrogens is 497 g/mol. The van der Waals surface area contributed by atoms with Gasteiger partial charge in [0, 0.05) is 4.90 Å². The van der Waals surface area contributed by atoms with Gasteiger partial charge < -0.3 is 0 Å². The molecule has 0 unspecified atom stereocenters. The van der Waals surface area contributed by atoms with Crippen LogP contribution in [0.4, 0.5) is 25.2 Å². The summed E-state index contributed by atoms with van der Waals surface area (Å²) in [5.74, 6) is 0. The molecule has 0 atom stereocenters. The Labute approximate surface area is 195 Å². The van der Waals surface area contributed by atoms with Gasteiger partial charge in [0.1, 0.15) is 10.9 Å². The van der Waals surface area contributed by atoms with E-state index in [1.165, 1.54) is 24.5 Å². The third kappa shape index (κ3) is 9.54. The second-order valence-corrected chi connectivity index (χ2v) is 11.8. The Morgan fingerprint density at radius 2 is 0.848 bits per heavy atom. The van der Waals surface area contributed by atoms with Crippen LogP contribution in [0.25, 0.3) is 0 Å².